The predicted octanol–water partition coefficient (Wildman–Crippen LogP) is 3.93. The first-order valence-corrected chi connectivity index (χ1v) is 9.91. The first kappa shape index (κ1) is 24.9. The van der Waals surface area contributed by atoms with Gasteiger partial charge in [0.15, 0.2) is 0 Å². The van der Waals surface area contributed by atoms with E-state index in [1.807, 2.05) is 17.9 Å². The summed E-state index contributed by atoms with van der Waals surface area (Å²) in [5.41, 5.74) is 0.843. The zero-order chi connectivity index (χ0) is 22.1. The largest absolute Gasteiger partial charge is 0.478 e. The second kappa shape index (κ2) is 11.8. The van der Waals surface area contributed by atoms with Crippen molar-refractivity contribution in [3.63, 3.8) is 0 Å². The number of amides is 1. The minimum Gasteiger partial charge on any atom is -0.478 e. The lowest BCUT2D eigenvalue weighted by molar-refractivity contribution is -0.134. The Hall–Kier alpha value is -2.09. The van der Waals surface area contributed by atoms with E-state index in [-0.39, 0.29) is 11.9 Å². The molecule has 2 N–H and O–H groups in total. The van der Waals surface area contributed by atoms with Gasteiger partial charge >= 0.3 is 11.9 Å². The third-order valence-corrected chi connectivity index (χ3v) is 5.30. The van der Waals surface area contributed by atoms with Crippen LogP contribution in [0.3, 0.4) is 0 Å². The number of nitrogens with zero attached hydrogens (tertiary/aromatic N) is 2. The van der Waals surface area contributed by atoms with Gasteiger partial charge in [0.1, 0.15) is 0 Å². The summed E-state index contributed by atoms with van der Waals surface area (Å²) < 4.78 is 0. The molecule has 1 saturated carbocycles. The van der Waals surface area contributed by atoms with Gasteiger partial charge in [0, 0.05) is 30.3 Å². The molecule has 2 rings (SSSR count). The summed E-state index contributed by atoms with van der Waals surface area (Å²) in [6.45, 7) is 1.90. The van der Waals surface area contributed by atoms with Crippen molar-refractivity contribution >= 4 is 46.7 Å². The molecule has 1 fully saturated rings. The van der Waals surface area contributed by atoms with Crippen molar-refractivity contribution in [2.24, 2.45) is 0 Å². The number of likely N-dealkylation sites (N-methyl/N-ethyl adjacent to an activating group) is 1. The van der Waals surface area contributed by atoms with Gasteiger partial charge in [-0.3, -0.25) is 4.79 Å². The molecule has 29 heavy (non-hydrogen) atoms. The number of halogens is 2. The third kappa shape index (κ3) is 7.68. The SMILES string of the molecule is CCC(=O)N(c1ccc(Cl)c(Cl)c1)[C@@H]1CCCC1N(C)C.O=C(O)/C=C\C(=O)O. The number of rotatable bonds is 6. The molecular formula is C20H26Cl2N2O5. The van der Waals surface area contributed by atoms with E-state index >= 15 is 0 Å². The van der Waals surface area contributed by atoms with Crippen LogP contribution in [0.1, 0.15) is 32.6 Å². The van der Waals surface area contributed by atoms with Crippen molar-refractivity contribution in [2.75, 3.05) is 19.0 Å². The molecule has 160 valence electrons. The van der Waals surface area contributed by atoms with Gasteiger partial charge in [0.05, 0.1) is 16.1 Å². The molecule has 1 aromatic rings. The van der Waals surface area contributed by atoms with Crippen LogP contribution in [0.5, 0.6) is 0 Å². The van der Waals surface area contributed by atoms with E-state index in [2.05, 4.69) is 19.0 Å². The Bertz CT molecular complexity index is 751. The quantitative estimate of drug-likeness (QED) is 0.644. The Labute approximate surface area is 180 Å². The zero-order valence-electron chi connectivity index (χ0n) is 16.6. The number of anilines is 1. The van der Waals surface area contributed by atoms with Crippen LogP contribution in [0.4, 0.5) is 5.69 Å². The summed E-state index contributed by atoms with van der Waals surface area (Å²) in [5.74, 6) is -2.38. The van der Waals surface area contributed by atoms with Gasteiger partial charge in [-0.25, -0.2) is 9.59 Å². The van der Waals surface area contributed by atoms with Crippen molar-refractivity contribution in [1.29, 1.82) is 0 Å². The van der Waals surface area contributed by atoms with Crippen LogP contribution < -0.4 is 4.90 Å². The van der Waals surface area contributed by atoms with Gasteiger partial charge in [-0.05, 0) is 51.6 Å². The minimum atomic E-state index is -1.26. The summed E-state index contributed by atoms with van der Waals surface area (Å²) in [5, 5.41) is 16.6. The number of carbonyl (C=O) groups is 3. The Morgan fingerprint density at radius 1 is 1.03 bits per heavy atom. The number of hydrogen-bond donors (Lipinski definition) is 2. The molecule has 1 aliphatic rings. The molecule has 1 amide bonds. The fraction of sp³-hybridized carbons (Fsp3) is 0.450. The van der Waals surface area contributed by atoms with E-state index in [0.29, 0.717) is 34.7 Å². The smallest absolute Gasteiger partial charge is 0.328 e. The molecule has 1 aliphatic carbocycles. The topological polar surface area (TPSA) is 98.2 Å². The average Bonchev–Trinajstić information content (AvgIpc) is 3.13. The highest BCUT2D eigenvalue weighted by Gasteiger charge is 2.36. The molecule has 1 aromatic carbocycles. The molecule has 7 nitrogen and oxygen atoms in total. The number of carboxylic acid groups (broad SMARTS) is 2. The number of carboxylic acids is 2. The standard InChI is InChI=1S/C16H22Cl2N2O.C4H4O4/c1-4-16(21)20(11-8-9-12(17)13(18)10-11)15-7-5-6-14(15)19(2)3;5-3(6)1-2-4(7)8/h8-10,14-15H,4-7H2,1-3H3;1-2H,(H,5,6)(H,7,8)/b;2-1-/t14?,15-;/m1./s1. The van der Waals surface area contributed by atoms with Crippen LogP contribution in [0.2, 0.25) is 10.0 Å². The zero-order valence-corrected chi connectivity index (χ0v) is 18.2. The lowest BCUT2D eigenvalue weighted by atomic mass is 10.1. The Morgan fingerprint density at radius 2 is 1.59 bits per heavy atom. The highest BCUT2D eigenvalue weighted by molar-refractivity contribution is 6.42. The number of carbonyl (C=O) groups excluding carboxylic acids is 1. The fourth-order valence-corrected chi connectivity index (χ4v) is 3.58. The van der Waals surface area contributed by atoms with Crippen LogP contribution in [0.25, 0.3) is 0 Å². The maximum absolute atomic E-state index is 12.5. The minimum absolute atomic E-state index is 0.132. The van der Waals surface area contributed by atoms with Gasteiger partial charge in [-0.2, -0.15) is 0 Å². The van der Waals surface area contributed by atoms with Crippen LogP contribution >= 0.6 is 23.2 Å². The van der Waals surface area contributed by atoms with E-state index in [1.54, 1.807) is 12.1 Å². The first-order valence-electron chi connectivity index (χ1n) is 9.15. The van der Waals surface area contributed by atoms with Crippen molar-refractivity contribution in [2.45, 2.75) is 44.7 Å². The molecule has 0 aromatic heterocycles. The van der Waals surface area contributed by atoms with Crippen LogP contribution in [0, 0.1) is 0 Å². The summed E-state index contributed by atoms with van der Waals surface area (Å²) >= 11 is 12.1. The van der Waals surface area contributed by atoms with Gasteiger partial charge in [-0.1, -0.05) is 30.1 Å². The normalized spacial score (nSPS) is 18.4. The molecule has 0 bridgehead atoms. The van der Waals surface area contributed by atoms with Gasteiger partial charge in [-0.15, -0.1) is 0 Å². The van der Waals surface area contributed by atoms with Crippen LogP contribution in [-0.4, -0.2) is 59.1 Å². The maximum atomic E-state index is 12.5. The second-order valence-corrected chi connectivity index (χ2v) is 7.57. The summed E-state index contributed by atoms with van der Waals surface area (Å²) in [6, 6.07) is 6.02. The Balaban J connectivity index is 0.000000447. The van der Waals surface area contributed by atoms with Crippen molar-refractivity contribution in [3.8, 4) is 0 Å². The highest BCUT2D eigenvalue weighted by Crippen LogP contribution is 2.34. The molecule has 9 heteroatoms. The Morgan fingerprint density at radius 3 is 2.03 bits per heavy atom. The molecule has 2 atom stereocenters. The molecule has 0 aliphatic heterocycles. The molecule has 0 heterocycles. The van der Waals surface area contributed by atoms with Gasteiger partial charge in [0.2, 0.25) is 5.91 Å². The molecule has 0 saturated heterocycles. The van der Waals surface area contributed by atoms with E-state index in [1.165, 1.54) is 0 Å². The summed E-state index contributed by atoms with van der Waals surface area (Å²) in [4.78, 5) is 35.7. The molecular weight excluding hydrogens is 419 g/mol. The number of benzene rings is 1. The number of hydrogen-bond acceptors (Lipinski definition) is 4. The first-order chi connectivity index (χ1) is 13.6. The maximum Gasteiger partial charge on any atom is 0.328 e. The van der Waals surface area contributed by atoms with Crippen molar-refractivity contribution in [1.82, 2.24) is 4.90 Å². The third-order valence-electron chi connectivity index (χ3n) is 4.56. The Kier molecular flexibility index (Phi) is 10.2. The monoisotopic (exact) mass is 444 g/mol. The lowest BCUT2D eigenvalue weighted by Gasteiger charge is -2.36. The van der Waals surface area contributed by atoms with E-state index in [9.17, 15) is 14.4 Å². The second-order valence-electron chi connectivity index (χ2n) is 6.75. The van der Waals surface area contributed by atoms with E-state index in [4.69, 9.17) is 33.4 Å². The average molecular weight is 445 g/mol. The summed E-state index contributed by atoms with van der Waals surface area (Å²) in [6.07, 6.45) is 4.88. The summed E-state index contributed by atoms with van der Waals surface area (Å²) in [7, 11) is 4.15. The molecule has 0 spiro atoms. The van der Waals surface area contributed by atoms with Gasteiger partial charge in [0.25, 0.3) is 0 Å². The van der Waals surface area contributed by atoms with Crippen molar-refractivity contribution in [3.05, 3.63) is 40.4 Å². The van der Waals surface area contributed by atoms with E-state index < -0.39 is 11.9 Å². The van der Waals surface area contributed by atoms with Crippen molar-refractivity contribution < 1.29 is 24.6 Å². The van der Waals surface area contributed by atoms with Crippen LogP contribution in [0.15, 0.2) is 30.4 Å². The molecule has 0 radical (unpaired) electrons. The van der Waals surface area contributed by atoms with Crippen LogP contribution in [-0.2, 0) is 14.4 Å². The number of aliphatic carboxylic acids is 2. The molecule has 1 unspecified atom stereocenters. The predicted molar refractivity (Wildman–Crippen MR) is 114 cm³/mol. The fourth-order valence-electron chi connectivity index (χ4n) is 3.29. The lowest BCUT2D eigenvalue weighted by Crippen LogP contribution is -2.49. The highest BCUT2D eigenvalue weighted by atomic mass is 35.5. The van der Waals surface area contributed by atoms with E-state index in [0.717, 1.165) is 24.9 Å². The van der Waals surface area contributed by atoms with Gasteiger partial charge < -0.3 is 20.0 Å².